The van der Waals surface area contributed by atoms with Crippen LogP contribution in [0.2, 0.25) is 0 Å². The summed E-state index contributed by atoms with van der Waals surface area (Å²) in [5.74, 6) is 1.91. The third kappa shape index (κ3) is 1.40. The largest absolute Gasteiger partial charge is 0.298 e. The molecule has 2 heteroatoms. The highest BCUT2D eigenvalue weighted by atomic mass is 16.1. The summed E-state index contributed by atoms with van der Waals surface area (Å²) in [6, 6.07) is 0.832. The molecule has 0 spiro atoms. The van der Waals surface area contributed by atoms with E-state index in [0.717, 1.165) is 12.3 Å². The molecule has 0 N–H and O–H groups in total. The summed E-state index contributed by atoms with van der Waals surface area (Å²) < 4.78 is 0. The molecular formula is C12H21NO. The average Bonchev–Trinajstić information content (AvgIpc) is 2.37. The third-order valence-corrected chi connectivity index (χ3v) is 4.26. The summed E-state index contributed by atoms with van der Waals surface area (Å²) >= 11 is 0. The van der Waals surface area contributed by atoms with E-state index >= 15 is 0 Å². The second-order valence-electron chi connectivity index (χ2n) is 5.01. The molecule has 0 radical (unpaired) electrons. The molecule has 2 fully saturated rings. The molecule has 2 nitrogen and oxygen atoms in total. The molecule has 1 aliphatic heterocycles. The number of hydrogen-bond acceptors (Lipinski definition) is 2. The van der Waals surface area contributed by atoms with Crippen molar-refractivity contribution in [1.82, 2.24) is 4.90 Å². The summed E-state index contributed by atoms with van der Waals surface area (Å²) in [4.78, 5) is 14.1. The Morgan fingerprint density at radius 1 is 1.50 bits per heavy atom. The zero-order valence-corrected chi connectivity index (χ0v) is 9.49. The first-order valence-corrected chi connectivity index (χ1v) is 5.91. The van der Waals surface area contributed by atoms with E-state index < -0.39 is 0 Å². The van der Waals surface area contributed by atoms with Crippen molar-refractivity contribution in [2.24, 2.45) is 11.8 Å². The van der Waals surface area contributed by atoms with Gasteiger partial charge >= 0.3 is 0 Å². The highest BCUT2D eigenvalue weighted by Gasteiger charge is 2.49. The molecule has 2 rings (SSSR count). The van der Waals surface area contributed by atoms with Gasteiger partial charge in [-0.3, -0.25) is 9.69 Å². The smallest absolute Gasteiger partial charge is 0.147 e. The summed E-state index contributed by atoms with van der Waals surface area (Å²) in [5.41, 5.74) is 0. The van der Waals surface area contributed by atoms with Crippen LogP contribution in [0.3, 0.4) is 0 Å². The fourth-order valence-electron chi connectivity index (χ4n) is 3.09. The van der Waals surface area contributed by atoms with E-state index in [4.69, 9.17) is 0 Å². The van der Waals surface area contributed by atoms with E-state index in [9.17, 15) is 4.79 Å². The predicted molar refractivity (Wildman–Crippen MR) is 57.1 cm³/mol. The van der Waals surface area contributed by atoms with Gasteiger partial charge in [0.15, 0.2) is 0 Å². The fourth-order valence-corrected chi connectivity index (χ4v) is 3.09. The van der Waals surface area contributed by atoms with Gasteiger partial charge in [-0.25, -0.2) is 0 Å². The monoisotopic (exact) mass is 195 g/mol. The first-order valence-electron chi connectivity index (χ1n) is 5.91. The van der Waals surface area contributed by atoms with Crippen molar-refractivity contribution in [2.45, 2.75) is 52.1 Å². The van der Waals surface area contributed by atoms with Crippen LogP contribution in [-0.4, -0.2) is 29.3 Å². The minimum absolute atomic E-state index is 0.253. The zero-order valence-electron chi connectivity index (χ0n) is 9.49. The van der Waals surface area contributed by atoms with Gasteiger partial charge in [-0.1, -0.05) is 6.92 Å². The van der Waals surface area contributed by atoms with Crippen LogP contribution in [0.15, 0.2) is 0 Å². The lowest BCUT2D eigenvalue weighted by Gasteiger charge is -2.33. The van der Waals surface area contributed by atoms with Gasteiger partial charge in [0.2, 0.25) is 0 Å². The maximum Gasteiger partial charge on any atom is 0.147 e. The molecule has 80 valence electrons. The van der Waals surface area contributed by atoms with Gasteiger partial charge in [-0.15, -0.1) is 0 Å². The Labute approximate surface area is 86.7 Å². The van der Waals surface area contributed by atoms with Crippen LogP contribution in [0.1, 0.15) is 40.0 Å². The number of carbonyl (C=O) groups is 1. The molecule has 2 aliphatic rings. The van der Waals surface area contributed by atoms with Crippen molar-refractivity contribution in [3.63, 3.8) is 0 Å². The fraction of sp³-hybridized carbons (Fsp3) is 0.917. The van der Waals surface area contributed by atoms with Crippen molar-refractivity contribution in [1.29, 1.82) is 0 Å². The summed E-state index contributed by atoms with van der Waals surface area (Å²) in [5, 5.41) is 0. The van der Waals surface area contributed by atoms with Gasteiger partial charge < -0.3 is 0 Å². The van der Waals surface area contributed by atoms with Crippen LogP contribution in [-0.2, 0) is 4.79 Å². The van der Waals surface area contributed by atoms with E-state index in [0.29, 0.717) is 17.7 Å². The van der Waals surface area contributed by atoms with Crippen LogP contribution in [0.4, 0.5) is 0 Å². The first kappa shape index (κ1) is 10.2. The van der Waals surface area contributed by atoms with Crippen molar-refractivity contribution in [2.75, 3.05) is 6.54 Å². The van der Waals surface area contributed by atoms with E-state index in [2.05, 4.69) is 18.7 Å². The molecule has 1 saturated carbocycles. The van der Waals surface area contributed by atoms with Crippen molar-refractivity contribution in [3.05, 3.63) is 0 Å². The van der Waals surface area contributed by atoms with Gasteiger partial charge in [0.25, 0.3) is 0 Å². The number of likely N-dealkylation sites (tertiary alicyclic amines) is 1. The SMILES string of the molecule is CCC(C)N1CC2CCC2C1C(C)=O. The van der Waals surface area contributed by atoms with E-state index in [1.54, 1.807) is 6.92 Å². The molecule has 14 heavy (non-hydrogen) atoms. The number of carbonyl (C=O) groups excluding carboxylic acids is 1. The number of nitrogens with zero attached hydrogens (tertiary/aromatic N) is 1. The molecule has 1 saturated heterocycles. The standard InChI is InChI=1S/C12H21NO/c1-4-8(2)13-7-10-5-6-11(10)12(13)9(3)14/h8,10-12H,4-7H2,1-3H3. The van der Waals surface area contributed by atoms with Gasteiger partial charge in [0, 0.05) is 12.6 Å². The lowest BCUT2D eigenvalue weighted by molar-refractivity contribution is -0.123. The maximum absolute atomic E-state index is 11.6. The molecule has 1 heterocycles. The molecule has 4 unspecified atom stereocenters. The van der Waals surface area contributed by atoms with E-state index in [1.165, 1.54) is 19.4 Å². The number of hydrogen-bond donors (Lipinski definition) is 0. The molecule has 0 bridgehead atoms. The second kappa shape index (κ2) is 3.65. The van der Waals surface area contributed by atoms with Gasteiger partial charge in [0.1, 0.15) is 5.78 Å². The van der Waals surface area contributed by atoms with Crippen molar-refractivity contribution in [3.8, 4) is 0 Å². The van der Waals surface area contributed by atoms with Crippen LogP contribution < -0.4 is 0 Å². The minimum atomic E-state index is 0.253. The second-order valence-corrected chi connectivity index (χ2v) is 5.01. The Morgan fingerprint density at radius 2 is 2.21 bits per heavy atom. The number of rotatable bonds is 3. The van der Waals surface area contributed by atoms with Crippen LogP contribution >= 0.6 is 0 Å². The molecule has 0 aromatic carbocycles. The summed E-state index contributed by atoms with van der Waals surface area (Å²) in [6.45, 7) is 7.40. The van der Waals surface area contributed by atoms with Gasteiger partial charge in [-0.2, -0.15) is 0 Å². The predicted octanol–water partition coefficient (Wildman–Crippen LogP) is 2.08. The summed E-state index contributed by atoms with van der Waals surface area (Å²) in [6.07, 6.45) is 3.78. The maximum atomic E-state index is 11.6. The molecule has 0 aromatic rings. The molecule has 1 aliphatic carbocycles. The Bertz CT molecular complexity index is 238. The lowest BCUT2D eigenvalue weighted by Crippen LogP contribution is -2.43. The van der Waals surface area contributed by atoms with E-state index in [1.807, 2.05) is 0 Å². The average molecular weight is 195 g/mol. The molecule has 4 atom stereocenters. The molecule has 0 amide bonds. The topological polar surface area (TPSA) is 20.3 Å². The number of Topliss-reactive ketones (excluding diaryl/α,β-unsaturated/α-hetero) is 1. The Hall–Kier alpha value is -0.370. The van der Waals surface area contributed by atoms with Crippen molar-refractivity contribution >= 4 is 5.78 Å². The quantitative estimate of drug-likeness (QED) is 0.687. The Kier molecular flexibility index (Phi) is 2.65. The Morgan fingerprint density at radius 3 is 2.64 bits per heavy atom. The normalized spacial score (nSPS) is 38.9. The van der Waals surface area contributed by atoms with Crippen LogP contribution in [0.25, 0.3) is 0 Å². The summed E-state index contributed by atoms with van der Waals surface area (Å²) in [7, 11) is 0. The molecule has 0 aromatic heterocycles. The Balaban J connectivity index is 2.12. The highest BCUT2D eigenvalue weighted by molar-refractivity contribution is 5.82. The van der Waals surface area contributed by atoms with Gasteiger partial charge in [0.05, 0.1) is 6.04 Å². The molecular weight excluding hydrogens is 174 g/mol. The van der Waals surface area contributed by atoms with E-state index in [-0.39, 0.29) is 6.04 Å². The third-order valence-electron chi connectivity index (χ3n) is 4.26. The lowest BCUT2D eigenvalue weighted by atomic mass is 9.72. The van der Waals surface area contributed by atoms with Crippen LogP contribution in [0, 0.1) is 11.8 Å². The van der Waals surface area contributed by atoms with Gasteiger partial charge in [-0.05, 0) is 44.9 Å². The zero-order chi connectivity index (χ0) is 10.3. The van der Waals surface area contributed by atoms with Crippen molar-refractivity contribution < 1.29 is 4.79 Å². The van der Waals surface area contributed by atoms with Crippen LogP contribution in [0.5, 0.6) is 0 Å². The number of ketones is 1. The minimum Gasteiger partial charge on any atom is -0.298 e. The first-order chi connectivity index (χ1) is 6.65. The highest BCUT2D eigenvalue weighted by Crippen LogP contribution is 2.45. The number of fused-ring (bicyclic) bond motifs is 1.